The lowest BCUT2D eigenvalue weighted by molar-refractivity contribution is -0.385. The molecule has 0 radical (unpaired) electrons. The van der Waals surface area contributed by atoms with E-state index in [2.05, 4.69) is 10.3 Å². The number of fused-ring (bicyclic) bond motifs is 2. The molecule has 8 nitrogen and oxygen atoms in total. The van der Waals surface area contributed by atoms with Crippen molar-refractivity contribution in [1.82, 2.24) is 9.38 Å². The van der Waals surface area contributed by atoms with Crippen LogP contribution in [0.15, 0.2) is 53.5 Å². The Morgan fingerprint density at radius 2 is 2.00 bits per heavy atom. The molecule has 27 heavy (non-hydrogen) atoms. The molecule has 1 aromatic carbocycles. The molecule has 0 amide bonds. The standard InChI is InChI=1S/C19H18N4O4/c1-19(2)11-13(12-7-3-4-8-14(12)27-19)20-17-16(23(25)26)18(24)22-10-6-5-9-15(22)21-17/h3-10,13,20H,11H2,1-2H3. The summed E-state index contributed by atoms with van der Waals surface area (Å²) >= 11 is 0. The molecule has 1 aliphatic rings. The van der Waals surface area contributed by atoms with Gasteiger partial charge < -0.3 is 10.1 Å². The van der Waals surface area contributed by atoms with Crippen LogP contribution in [0.1, 0.15) is 31.9 Å². The summed E-state index contributed by atoms with van der Waals surface area (Å²) in [6, 6.07) is 12.2. The minimum Gasteiger partial charge on any atom is -0.487 e. The number of pyridine rings is 1. The highest BCUT2D eigenvalue weighted by Gasteiger charge is 2.35. The van der Waals surface area contributed by atoms with Gasteiger partial charge in [0, 0.05) is 18.2 Å². The SMILES string of the molecule is CC1(C)CC(Nc2nc3ccccn3c(=O)c2[N+](=O)[O-])c2ccccc2O1. The molecule has 1 aliphatic heterocycles. The molecule has 1 unspecified atom stereocenters. The van der Waals surface area contributed by atoms with Crippen molar-refractivity contribution in [1.29, 1.82) is 0 Å². The van der Waals surface area contributed by atoms with E-state index in [-0.39, 0.29) is 11.9 Å². The van der Waals surface area contributed by atoms with E-state index in [9.17, 15) is 14.9 Å². The van der Waals surface area contributed by atoms with Gasteiger partial charge in [-0.05, 0) is 32.0 Å². The Morgan fingerprint density at radius 1 is 1.26 bits per heavy atom. The van der Waals surface area contributed by atoms with E-state index >= 15 is 0 Å². The third kappa shape index (κ3) is 2.99. The highest BCUT2D eigenvalue weighted by molar-refractivity contribution is 5.61. The number of hydrogen-bond donors (Lipinski definition) is 1. The van der Waals surface area contributed by atoms with Gasteiger partial charge in [-0.15, -0.1) is 0 Å². The maximum atomic E-state index is 12.6. The zero-order chi connectivity index (χ0) is 19.2. The Labute approximate surface area is 154 Å². The monoisotopic (exact) mass is 366 g/mol. The molecule has 1 atom stereocenters. The largest absolute Gasteiger partial charge is 0.487 e. The lowest BCUT2D eigenvalue weighted by Crippen LogP contribution is -2.37. The van der Waals surface area contributed by atoms with Crippen molar-refractivity contribution < 1.29 is 9.66 Å². The summed E-state index contributed by atoms with van der Waals surface area (Å²) in [5, 5.41) is 14.7. The zero-order valence-electron chi connectivity index (χ0n) is 14.9. The van der Waals surface area contributed by atoms with Gasteiger partial charge in [0.2, 0.25) is 5.82 Å². The second-order valence-electron chi connectivity index (χ2n) is 7.10. The summed E-state index contributed by atoms with van der Waals surface area (Å²) in [5.74, 6) is 0.681. The van der Waals surface area contributed by atoms with Gasteiger partial charge in [0.05, 0.1) is 11.0 Å². The summed E-state index contributed by atoms with van der Waals surface area (Å²) in [5.41, 5.74) is -0.531. The number of benzene rings is 1. The van der Waals surface area contributed by atoms with Crippen molar-refractivity contribution >= 4 is 17.2 Å². The number of para-hydroxylation sites is 1. The molecule has 4 rings (SSSR count). The minimum absolute atomic E-state index is 0.0336. The molecule has 8 heteroatoms. The summed E-state index contributed by atoms with van der Waals surface area (Å²) in [6.45, 7) is 3.91. The second-order valence-corrected chi connectivity index (χ2v) is 7.10. The molecular weight excluding hydrogens is 348 g/mol. The molecule has 1 N–H and O–H groups in total. The Morgan fingerprint density at radius 3 is 2.78 bits per heavy atom. The van der Waals surface area contributed by atoms with E-state index in [1.54, 1.807) is 18.2 Å². The maximum Gasteiger partial charge on any atom is 0.376 e. The van der Waals surface area contributed by atoms with Gasteiger partial charge in [-0.2, -0.15) is 0 Å². The first-order valence-corrected chi connectivity index (χ1v) is 8.56. The van der Waals surface area contributed by atoms with Crippen LogP contribution in [-0.2, 0) is 0 Å². The van der Waals surface area contributed by atoms with Gasteiger partial charge in [-0.1, -0.05) is 24.3 Å². The first kappa shape index (κ1) is 17.0. The molecule has 3 aromatic rings. The number of nitro groups is 1. The number of nitrogens with zero attached hydrogens (tertiary/aromatic N) is 3. The van der Waals surface area contributed by atoms with Crippen LogP contribution in [0.4, 0.5) is 11.5 Å². The number of hydrogen-bond acceptors (Lipinski definition) is 6. The molecule has 2 aromatic heterocycles. The van der Waals surface area contributed by atoms with Crippen molar-refractivity contribution in [2.45, 2.75) is 31.9 Å². The van der Waals surface area contributed by atoms with Crippen LogP contribution in [0, 0.1) is 10.1 Å². The van der Waals surface area contributed by atoms with E-state index in [0.29, 0.717) is 17.8 Å². The number of aromatic nitrogens is 2. The van der Waals surface area contributed by atoms with Crippen LogP contribution in [0.5, 0.6) is 5.75 Å². The van der Waals surface area contributed by atoms with E-state index in [1.807, 2.05) is 38.1 Å². The number of rotatable bonds is 3. The normalized spacial score (nSPS) is 17.8. The second kappa shape index (κ2) is 6.08. The topological polar surface area (TPSA) is 98.8 Å². The third-order valence-electron chi connectivity index (χ3n) is 4.58. The van der Waals surface area contributed by atoms with E-state index in [0.717, 1.165) is 5.56 Å². The van der Waals surface area contributed by atoms with Crippen LogP contribution >= 0.6 is 0 Å². The van der Waals surface area contributed by atoms with Gasteiger partial charge in [0.25, 0.3) is 0 Å². The summed E-state index contributed by atoms with van der Waals surface area (Å²) in [4.78, 5) is 27.9. The summed E-state index contributed by atoms with van der Waals surface area (Å²) in [6.07, 6.45) is 2.03. The Bertz CT molecular complexity index is 1110. The van der Waals surface area contributed by atoms with Crippen LogP contribution in [0.25, 0.3) is 5.65 Å². The van der Waals surface area contributed by atoms with Crippen molar-refractivity contribution in [2.24, 2.45) is 0 Å². The average molecular weight is 366 g/mol. The fraction of sp³-hybridized carbons (Fsp3) is 0.263. The van der Waals surface area contributed by atoms with Crippen LogP contribution in [-0.4, -0.2) is 19.9 Å². The maximum absolute atomic E-state index is 12.6. The molecule has 0 fully saturated rings. The first-order chi connectivity index (χ1) is 12.9. The van der Waals surface area contributed by atoms with Crippen molar-refractivity contribution in [3.05, 3.63) is 74.7 Å². The number of nitrogens with one attached hydrogen (secondary N) is 1. The first-order valence-electron chi connectivity index (χ1n) is 8.56. The predicted octanol–water partition coefficient (Wildman–Crippen LogP) is 3.32. The quantitative estimate of drug-likeness (QED) is 0.564. The Balaban J connectivity index is 1.85. The number of anilines is 1. The molecule has 0 spiro atoms. The van der Waals surface area contributed by atoms with Crippen LogP contribution < -0.4 is 15.6 Å². The molecule has 0 saturated heterocycles. The molecule has 3 heterocycles. The van der Waals surface area contributed by atoms with Crippen LogP contribution in [0.3, 0.4) is 0 Å². The smallest absolute Gasteiger partial charge is 0.376 e. The van der Waals surface area contributed by atoms with Gasteiger partial charge in [-0.25, -0.2) is 4.98 Å². The van der Waals surface area contributed by atoms with E-state index < -0.39 is 21.8 Å². The fourth-order valence-electron chi connectivity index (χ4n) is 3.44. The molecule has 0 aliphatic carbocycles. The predicted molar refractivity (Wildman–Crippen MR) is 100 cm³/mol. The van der Waals surface area contributed by atoms with Gasteiger partial charge in [0.15, 0.2) is 0 Å². The van der Waals surface area contributed by atoms with E-state index in [1.165, 1.54) is 10.6 Å². The van der Waals surface area contributed by atoms with Gasteiger partial charge in [0.1, 0.15) is 17.0 Å². The Hall–Kier alpha value is -3.42. The molecular formula is C19H18N4O4. The molecule has 0 bridgehead atoms. The minimum atomic E-state index is -0.715. The van der Waals surface area contributed by atoms with Gasteiger partial charge >= 0.3 is 11.2 Å². The van der Waals surface area contributed by atoms with Crippen molar-refractivity contribution in [2.75, 3.05) is 5.32 Å². The molecule has 0 saturated carbocycles. The van der Waals surface area contributed by atoms with Crippen molar-refractivity contribution in [3.8, 4) is 5.75 Å². The highest BCUT2D eigenvalue weighted by Crippen LogP contribution is 2.41. The van der Waals surface area contributed by atoms with Crippen LogP contribution in [0.2, 0.25) is 0 Å². The summed E-state index contributed by atoms with van der Waals surface area (Å²) < 4.78 is 7.17. The average Bonchev–Trinajstić information content (AvgIpc) is 2.60. The highest BCUT2D eigenvalue weighted by atomic mass is 16.6. The molecule has 138 valence electrons. The zero-order valence-corrected chi connectivity index (χ0v) is 14.9. The summed E-state index contributed by atoms with van der Waals surface area (Å²) in [7, 11) is 0. The lowest BCUT2D eigenvalue weighted by Gasteiger charge is -2.38. The number of ether oxygens (including phenoxy) is 1. The van der Waals surface area contributed by atoms with E-state index in [4.69, 9.17) is 4.74 Å². The third-order valence-corrected chi connectivity index (χ3v) is 4.58. The van der Waals surface area contributed by atoms with Gasteiger partial charge in [-0.3, -0.25) is 19.3 Å². The Kier molecular flexibility index (Phi) is 3.83. The lowest BCUT2D eigenvalue weighted by atomic mass is 9.89. The van der Waals surface area contributed by atoms with Crippen molar-refractivity contribution in [3.63, 3.8) is 0 Å². The fourth-order valence-corrected chi connectivity index (χ4v) is 3.44.